The minimum absolute atomic E-state index is 0.135. The van der Waals surface area contributed by atoms with Crippen molar-refractivity contribution in [2.45, 2.75) is 44.0 Å². The summed E-state index contributed by atoms with van der Waals surface area (Å²) >= 11 is 0. The number of methoxy groups -OCH3 is 1. The molecule has 1 aromatic heterocycles. The number of alkyl halides is 1. The predicted octanol–water partition coefficient (Wildman–Crippen LogP) is 4.49. The molecule has 0 N–H and O–H groups in total. The fraction of sp³-hybridized carbons (Fsp3) is 0.308. The number of halogens is 1. The fourth-order valence-electron chi connectivity index (χ4n) is 4.08. The highest BCUT2D eigenvalue weighted by atomic mass is 32.2. The van der Waals surface area contributed by atoms with Gasteiger partial charge in [-0.3, -0.25) is 4.31 Å². The quantitative estimate of drug-likeness (QED) is 0.404. The van der Waals surface area contributed by atoms with Crippen LogP contribution in [0.25, 0.3) is 0 Å². The molecule has 0 amide bonds. The van der Waals surface area contributed by atoms with Gasteiger partial charge in [0, 0.05) is 6.20 Å². The first-order chi connectivity index (χ1) is 16.8. The number of carbonyl (C=O) groups excluding carboxylic acids is 1. The van der Waals surface area contributed by atoms with Crippen LogP contribution in [0.2, 0.25) is 0 Å². The number of aromatic nitrogens is 1. The number of anilines is 1. The average Bonchev–Trinajstić information content (AvgIpc) is 3.33. The number of rotatable bonds is 9. The molecule has 1 aliphatic carbocycles. The molecule has 2 aromatic carbocycles. The third kappa shape index (κ3) is 5.45. The molecule has 1 aliphatic rings. The first-order valence-corrected chi connectivity index (χ1v) is 12.8. The van der Waals surface area contributed by atoms with Crippen molar-refractivity contribution < 1.29 is 27.1 Å². The van der Waals surface area contributed by atoms with Crippen LogP contribution in [-0.2, 0) is 34.2 Å². The van der Waals surface area contributed by atoms with E-state index >= 15 is 0 Å². The first-order valence-electron chi connectivity index (χ1n) is 11.3. The van der Waals surface area contributed by atoms with Crippen LogP contribution >= 0.6 is 0 Å². The van der Waals surface area contributed by atoms with Crippen molar-refractivity contribution in [3.05, 3.63) is 83.0 Å². The standard InChI is InChI=1S/C26H27FN2O5S/c1-18(27)16-29(35(31,32)25-8-3-4-13-28-25)23-14-21-6-5-7-22(21)15-24(23)34-17-19-9-11-20(12-10-19)26(30)33-2/h3-4,8-15,18H,5-7,16-17H2,1-2H3/t18-/m0/s1. The average molecular weight is 499 g/mol. The number of nitrogens with zero attached hydrogens (tertiary/aromatic N) is 2. The van der Waals surface area contributed by atoms with Crippen LogP contribution in [-0.4, -0.2) is 39.2 Å². The summed E-state index contributed by atoms with van der Waals surface area (Å²) in [6, 6.07) is 15.0. The molecule has 7 nitrogen and oxygen atoms in total. The maximum atomic E-state index is 14.3. The van der Waals surface area contributed by atoms with Crippen LogP contribution in [0.5, 0.6) is 5.75 Å². The monoisotopic (exact) mass is 498 g/mol. The number of sulfonamides is 1. The number of hydrogen-bond acceptors (Lipinski definition) is 6. The number of aryl methyl sites for hydroxylation is 2. The van der Waals surface area contributed by atoms with Gasteiger partial charge in [-0.05, 0) is 79.3 Å². The Bertz CT molecular complexity index is 1300. The molecule has 184 valence electrons. The summed E-state index contributed by atoms with van der Waals surface area (Å²) in [5.74, 6) is -0.0862. The van der Waals surface area contributed by atoms with Gasteiger partial charge in [0.1, 0.15) is 18.5 Å². The summed E-state index contributed by atoms with van der Waals surface area (Å²) in [5.41, 5.74) is 3.60. The number of benzene rings is 2. The number of hydrogen-bond donors (Lipinski definition) is 0. The molecule has 3 aromatic rings. The van der Waals surface area contributed by atoms with Crippen LogP contribution < -0.4 is 9.04 Å². The van der Waals surface area contributed by atoms with Crippen LogP contribution in [0.1, 0.15) is 40.4 Å². The molecule has 1 heterocycles. The number of ether oxygens (including phenoxy) is 2. The highest BCUT2D eigenvalue weighted by Gasteiger charge is 2.31. The van der Waals surface area contributed by atoms with E-state index in [2.05, 4.69) is 4.98 Å². The molecule has 0 fully saturated rings. The van der Waals surface area contributed by atoms with Crippen LogP contribution in [0.15, 0.2) is 65.8 Å². The van der Waals surface area contributed by atoms with Crippen LogP contribution in [0.4, 0.5) is 10.1 Å². The van der Waals surface area contributed by atoms with Gasteiger partial charge < -0.3 is 9.47 Å². The van der Waals surface area contributed by atoms with Crippen molar-refractivity contribution in [3.8, 4) is 5.75 Å². The summed E-state index contributed by atoms with van der Waals surface area (Å²) in [7, 11) is -2.82. The van der Waals surface area contributed by atoms with Crippen LogP contribution in [0, 0.1) is 0 Å². The van der Waals surface area contributed by atoms with Gasteiger partial charge in [-0.25, -0.2) is 14.2 Å². The minimum Gasteiger partial charge on any atom is -0.487 e. The van der Waals surface area contributed by atoms with E-state index in [0.29, 0.717) is 11.3 Å². The van der Waals surface area contributed by atoms with E-state index in [1.807, 2.05) is 6.07 Å². The second-order valence-electron chi connectivity index (χ2n) is 8.40. The topological polar surface area (TPSA) is 85.8 Å². The Morgan fingerprint density at radius 1 is 1.11 bits per heavy atom. The van der Waals surface area contributed by atoms with Gasteiger partial charge in [0.15, 0.2) is 5.03 Å². The summed E-state index contributed by atoms with van der Waals surface area (Å²) in [4.78, 5) is 15.7. The van der Waals surface area contributed by atoms with Crippen molar-refractivity contribution in [3.63, 3.8) is 0 Å². The van der Waals surface area contributed by atoms with Crippen molar-refractivity contribution in [1.29, 1.82) is 0 Å². The third-order valence-electron chi connectivity index (χ3n) is 5.82. The molecule has 4 rings (SSSR count). The molecular weight excluding hydrogens is 471 g/mol. The van der Waals surface area contributed by atoms with Crippen molar-refractivity contribution in [1.82, 2.24) is 4.98 Å². The Morgan fingerprint density at radius 3 is 2.46 bits per heavy atom. The summed E-state index contributed by atoms with van der Waals surface area (Å²) in [6.45, 7) is 1.08. The molecule has 0 bridgehead atoms. The molecule has 1 atom stereocenters. The zero-order valence-corrected chi connectivity index (χ0v) is 20.4. The Labute approximate surface area is 204 Å². The Balaban J connectivity index is 1.71. The SMILES string of the molecule is COC(=O)c1ccc(COc2cc3c(cc2N(C[C@H](C)F)S(=O)(=O)c2ccccn2)CCC3)cc1. The van der Waals surface area contributed by atoms with Crippen molar-refractivity contribution >= 4 is 21.7 Å². The van der Waals surface area contributed by atoms with Crippen LogP contribution in [0.3, 0.4) is 0 Å². The molecule has 0 spiro atoms. The summed E-state index contributed by atoms with van der Waals surface area (Å²) in [6.07, 6.45) is 2.62. The summed E-state index contributed by atoms with van der Waals surface area (Å²) < 4.78 is 53.2. The highest BCUT2D eigenvalue weighted by molar-refractivity contribution is 7.92. The van der Waals surface area contributed by atoms with Gasteiger partial charge in [-0.2, -0.15) is 8.42 Å². The Morgan fingerprint density at radius 2 is 1.83 bits per heavy atom. The number of pyridine rings is 1. The maximum Gasteiger partial charge on any atom is 0.337 e. The van der Waals surface area contributed by atoms with Crippen molar-refractivity contribution in [2.24, 2.45) is 0 Å². The lowest BCUT2D eigenvalue weighted by Gasteiger charge is -2.27. The third-order valence-corrected chi connectivity index (χ3v) is 7.52. The van der Waals surface area contributed by atoms with Gasteiger partial charge >= 0.3 is 5.97 Å². The molecular formula is C26H27FN2O5S. The zero-order chi connectivity index (χ0) is 25.0. The molecule has 0 aliphatic heterocycles. The molecule has 0 saturated carbocycles. The van der Waals surface area contributed by atoms with E-state index in [9.17, 15) is 17.6 Å². The lowest BCUT2D eigenvalue weighted by atomic mass is 10.1. The van der Waals surface area contributed by atoms with Gasteiger partial charge in [0.05, 0.1) is 24.9 Å². The largest absolute Gasteiger partial charge is 0.487 e. The Hall–Kier alpha value is -3.46. The molecule has 35 heavy (non-hydrogen) atoms. The van der Waals surface area contributed by atoms with E-state index in [1.54, 1.807) is 42.5 Å². The lowest BCUT2D eigenvalue weighted by molar-refractivity contribution is 0.0600. The van der Waals surface area contributed by atoms with E-state index in [1.165, 1.54) is 26.3 Å². The fourth-order valence-corrected chi connectivity index (χ4v) is 5.56. The highest BCUT2D eigenvalue weighted by Crippen LogP contribution is 2.38. The van der Waals surface area contributed by atoms with E-state index < -0.39 is 22.2 Å². The second kappa shape index (κ2) is 10.4. The number of carbonyl (C=O) groups is 1. The first kappa shape index (κ1) is 24.7. The summed E-state index contributed by atoms with van der Waals surface area (Å²) in [5, 5.41) is -0.162. The Kier molecular flexibility index (Phi) is 7.35. The molecule has 0 radical (unpaired) electrons. The van der Waals surface area contributed by atoms with Gasteiger partial charge in [0.25, 0.3) is 10.0 Å². The molecule has 0 unspecified atom stereocenters. The van der Waals surface area contributed by atoms with Gasteiger partial charge in [0.2, 0.25) is 0 Å². The van der Waals surface area contributed by atoms with E-state index in [4.69, 9.17) is 9.47 Å². The molecule has 0 saturated heterocycles. The van der Waals surface area contributed by atoms with Gasteiger partial charge in [-0.1, -0.05) is 18.2 Å². The van der Waals surface area contributed by atoms with E-state index in [0.717, 1.165) is 40.3 Å². The lowest BCUT2D eigenvalue weighted by Crippen LogP contribution is -2.36. The number of esters is 1. The predicted molar refractivity (Wildman–Crippen MR) is 130 cm³/mol. The van der Waals surface area contributed by atoms with Gasteiger partial charge in [-0.15, -0.1) is 0 Å². The normalized spacial score (nSPS) is 13.7. The van der Waals surface area contributed by atoms with E-state index in [-0.39, 0.29) is 23.9 Å². The maximum absolute atomic E-state index is 14.3. The number of fused-ring (bicyclic) bond motifs is 1. The second-order valence-corrected chi connectivity index (χ2v) is 10.2. The molecule has 9 heteroatoms. The zero-order valence-electron chi connectivity index (χ0n) is 19.6. The minimum atomic E-state index is -4.14. The van der Waals surface area contributed by atoms with Crippen molar-refractivity contribution in [2.75, 3.05) is 18.0 Å². The smallest absolute Gasteiger partial charge is 0.337 e.